The Labute approximate surface area is 99.9 Å². The molecule has 0 saturated heterocycles. The van der Waals surface area contributed by atoms with E-state index in [9.17, 15) is 4.79 Å². The van der Waals surface area contributed by atoms with Gasteiger partial charge in [0.25, 0.3) is 0 Å². The van der Waals surface area contributed by atoms with Crippen LogP contribution in [0.5, 0.6) is 17.2 Å². The van der Waals surface area contributed by atoms with Crippen LogP contribution in [-0.4, -0.2) is 31.4 Å². The standard InChI is InChI=1S/C12H16O5/c1-4-16-9-7-11(17-5-2)10(15-3)6-8(9)12(13)14/h6-7H,4-5H2,1-3H3,(H,13,14). The van der Waals surface area contributed by atoms with E-state index in [0.717, 1.165) is 0 Å². The second kappa shape index (κ2) is 5.98. The maximum Gasteiger partial charge on any atom is 0.339 e. The van der Waals surface area contributed by atoms with Gasteiger partial charge < -0.3 is 19.3 Å². The third-order valence-electron chi connectivity index (χ3n) is 2.10. The number of hydrogen-bond acceptors (Lipinski definition) is 4. The minimum Gasteiger partial charge on any atom is -0.493 e. The van der Waals surface area contributed by atoms with Gasteiger partial charge in [-0.2, -0.15) is 0 Å². The van der Waals surface area contributed by atoms with Crippen molar-refractivity contribution in [3.8, 4) is 17.2 Å². The summed E-state index contributed by atoms with van der Waals surface area (Å²) in [4.78, 5) is 11.1. The monoisotopic (exact) mass is 240 g/mol. The van der Waals surface area contributed by atoms with Crippen LogP contribution in [0, 0.1) is 0 Å². The summed E-state index contributed by atoms with van der Waals surface area (Å²) in [5.74, 6) is 0.0789. The van der Waals surface area contributed by atoms with E-state index in [4.69, 9.17) is 19.3 Å². The van der Waals surface area contributed by atoms with E-state index >= 15 is 0 Å². The lowest BCUT2D eigenvalue weighted by Crippen LogP contribution is -2.05. The summed E-state index contributed by atoms with van der Waals surface area (Å²) >= 11 is 0. The van der Waals surface area contributed by atoms with Crippen LogP contribution in [-0.2, 0) is 0 Å². The second-order valence-corrected chi connectivity index (χ2v) is 3.17. The van der Waals surface area contributed by atoms with Gasteiger partial charge in [0.05, 0.1) is 20.3 Å². The predicted octanol–water partition coefficient (Wildman–Crippen LogP) is 2.19. The molecule has 1 N–H and O–H groups in total. The molecule has 1 aromatic carbocycles. The van der Waals surface area contributed by atoms with Gasteiger partial charge in [-0.05, 0) is 13.8 Å². The number of carbonyl (C=O) groups is 1. The van der Waals surface area contributed by atoms with Crippen molar-refractivity contribution < 1.29 is 24.1 Å². The van der Waals surface area contributed by atoms with E-state index in [0.29, 0.717) is 24.7 Å². The molecule has 5 nitrogen and oxygen atoms in total. The van der Waals surface area contributed by atoms with Crippen molar-refractivity contribution in [1.82, 2.24) is 0 Å². The number of rotatable bonds is 6. The Kier molecular flexibility index (Phi) is 4.63. The first-order chi connectivity index (χ1) is 8.13. The molecule has 5 heteroatoms. The summed E-state index contributed by atoms with van der Waals surface area (Å²) in [6.45, 7) is 4.48. The summed E-state index contributed by atoms with van der Waals surface area (Å²) < 4.78 is 15.7. The maximum absolute atomic E-state index is 11.1. The minimum absolute atomic E-state index is 0.0622. The van der Waals surface area contributed by atoms with E-state index in [-0.39, 0.29) is 11.3 Å². The van der Waals surface area contributed by atoms with Gasteiger partial charge in [0.2, 0.25) is 0 Å². The van der Waals surface area contributed by atoms with E-state index < -0.39 is 5.97 Å². The van der Waals surface area contributed by atoms with Crippen LogP contribution in [0.2, 0.25) is 0 Å². The van der Waals surface area contributed by atoms with Gasteiger partial charge in [0, 0.05) is 12.1 Å². The molecule has 0 heterocycles. The molecule has 0 atom stereocenters. The number of methoxy groups -OCH3 is 1. The van der Waals surface area contributed by atoms with Crippen LogP contribution in [0.4, 0.5) is 0 Å². The topological polar surface area (TPSA) is 65.0 Å². The molecule has 0 aliphatic heterocycles. The van der Waals surface area contributed by atoms with Crippen LogP contribution in [0.3, 0.4) is 0 Å². The highest BCUT2D eigenvalue weighted by molar-refractivity contribution is 5.92. The third kappa shape index (κ3) is 3.03. The van der Waals surface area contributed by atoms with E-state index in [2.05, 4.69) is 0 Å². The molecule has 0 bridgehead atoms. The number of carboxylic acid groups (broad SMARTS) is 1. The van der Waals surface area contributed by atoms with Gasteiger partial charge in [0.1, 0.15) is 11.3 Å². The van der Waals surface area contributed by atoms with Crippen molar-refractivity contribution in [2.45, 2.75) is 13.8 Å². The molecule has 1 aromatic rings. The highest BCUT2D eigenvalue weighted by Crippen LogP contribution is 2.35. The van der Waals surface area contributed by atoms with Gasteiger partial charge in [0.15, 0.2) is 11.5 Å². The zero-order valence-corrected chi connectivity index (χ0v) is 10.1. The molecule has 0 amide bonds. The Bertz CT molecular complexity index is 400. The van der Waals surface area contributed by atoms with Gasteiger partial charge in [-0.15, -0.1) is 0 Å². The molecule has 0 aliphatic carbocycles. The lowest BCUT2D eigenvalue weighted by Gasteiger charge is -2.13. The first-order valence-corrected chi connectivity index (χ1v) is 5.34. The van der Waals surface area contributed by atoms with Crippen LogP contribution in [0.15, 0.2) is 12.1 Å². The average Bonchev–Trinajstić information content (AvgIpc) is 2.30. The number of aromatic carboxylic acids is 1. The molecule has 0 radical (unpaired) electrons. The number of carboxylic acids is 1. The summed E-state index contributed by atoms with van der Waals surface area (Å²) in [6.07, 6.45) is 0. The summed E-state index contributed by atoms with van der Waals surface area (Å²) in [6, 6.07) is 2.94. The molecule has 0 saturated carbocycles. The van der Waals surface area contributed by atoms with Crippen LogP contribution < -0.4 is 14.2 Å². The van der Waals surface area contributed by atoms with Crippen molar-refractivity contribution in [3.05, 3.63) is 17.7 Å². The number of ether oxygens (including phenoxy) is 3. The minimum atomic E-state index is -1.06. The first kappa shape index (κ1) is 13.2. The molecule has 0 unspecified atom stereocenters. The number of hydrogen-bond donors (Lipinski definition) is 1. The van der Waals surface area contributed by atoms with Crippen LogP contribution in [0.1, 0.15) is 24.2 Å². The Morgan fingerprint density at radius 1 is 1.12 bits per heavy atom. The predicted molar refractivity (Wildman–Crippen MR) is 62.3 cm³/mol. The molecule has 1 rings (SSSR count). The largest absolute Gasteiger partial charge is 0.493 e. The average molecular weight is 240 g/mol. The highest BCUT2D eigenvalue weighted by Gasteiger charge is 2.17. The Morgan fingerprint density at radius 3 is 2.18 bits per heavy atom. The van der Waals surface area contributed by atoms with Crippen molar-refractivity contribution in [1.29, 1.82) is 0 Å². The fraction of sp³-hybridized carbons (Fsp3) is 0.417. The molecular weight excluding hydrogens is 224 g/mol. The number of benzene rings is 1. The first-order valence-electron chi connectivity index (χ1n) is 5.34. The normalized spacial score (nSPS) is 9.82. The van der Waals surface area contributed by atoms with Crippen molar-refractivity contribution in [3.63, 3.8) is 0 Å². The Morgan fingerprint density at radius 2 is 1.71 bits per heavy atom. The fourth-order valence-corrected chi connectivity index (χ4v) is 1.41. The highest BCUT2D eigenvalue weighted by atomic mass is 16.5. The Balaban J connectivity index is 3.25. The lowest BCUT2D eigenvalue weighted by atomic mass is 10.1. The summed E-state index contributed by atoms with van der Waals surface area (Å²) in [5.41, 5.74) is 0.0622. The SMILES string of the molecule is CCOc1cc(OCC)c(C(=O)O)cc1OC. The molecule has 0 aromatic heterocycles. The van der Waals surface area contributed by atoms with Crippen molar-refractivity contribution in [2.75, 3.05) is 20.3 Å². The van der Waals surface area contributed by atoms with E-state index in [1.807, 2.05) is 6.92 Å². The van der Waals surface area contributed by atoms with Gasteiger partial charge in [-0.3, -0.25) is 0 Å². The Hall–Kier alpha value is -1.91. The van der Waals surface area contributed by atoms with Crippen LogP contribution >= 0.6 is 0 Å². The maximum atomic E-state index is 11.1. The summed E-state index contributed by atoms with van der Waals surface area (Å²) in [5, 5.41) is 9.06. The second-order valence-electron chi connectivity index (χ2n) is 3.17. The lowest BCUT2D eigenvalue weighted by molar-refractivity contribution is 0.0692. The zero-order valence-electron chi connectivity index (χ0n) is 10.1. The van der Waals surface area contributed by atoms with Gasteiger partial charge >= 0.3 is 5.97 Å². The van der Waals surface area contributed by atoms with Crippen LogP contribution in [0.25, 0.3) is 0 Å². The molecule has 0 fully saturated rings. The third-order valence-corrected chi connectivity index (χ3v) is 2.10. The molecule has 17 heavy (non-hydrogen) atoms. The van der Waals surface area contributed by atoms with Gasteiger partial charge in [-0.1, -0.05) is 0 Å². The fourth-order valence-electron chi connectivity index (χ4n) is 1.41. The summed E-state index contributed by atoms with van der Waals surface area (Å²) in [7, 11) is 1.46. The van der Waals surface area contributed by atoms with E-state index in [1.165, 1.54) is 19.2 Å². The molecule has 0 spiro atoms. The molecule has 0 aliphatic rings. The smallest absolute Gasteiger partial charge is 0.339 e. The zero-order chi connectivity index (χ0) is 12.8. The van der Waals surface area contributed by atoms with Crippen molar-refractivity contribution in [2.24, 2.45) is 0 Å². The quantitative estimate of drug-likeness (QED) is 0.825. The molecular formula is C12H16O5. The molecule has 94 valence electrons. The van der Waals surface area contributed by atoms with E-state index in [1.54, 1.807) is 6.92 Å². The van der Waals surface area contributed by atoms with Crippen molar-refractivity contribution >= 4 is 5.97 Å². The van der Waals surface area contributed by atoms with Gasteiger partial charge in [-0.25, -0.2) is 4.79 Å².